The number of nitrogens with one attached hydrogen (secondary N) is 1. The van der Waals surface area contributed by atoms with Crippen molar-refractivity contribution in [2.45, 2.75) is 57.9 Å². The standard InChI is InChI=1S/C17H26N2O/c1-14-9-11-16(12-10-14)19-17(20)13-18-15-7-5-3-2-4-6-8-15/h9-12,15,18H,2-8,13H2,1H3,(H,19,20)/p+1. The van der Waals surface area contributed by atoms with Gasteiger partial charge in [0.2, 0.25) is 0 Å². The molecule has 2 rings (SSSR count). The van der Waals surface area contributed by atoms with Crippen LogP contribution in [0.4, 0.5) is 5.69 Å². The van der Waals surface area contributed by atoms with Gasteiger partial charge in [-0.05, 0) is 44.7 Å². The summed E-state index contributed by atoms with van der Waals surface area (Å²) < 4.78 is 0. The lowest BCUT2D eigenvalue weighted by Crippen LogP contribution is -2.91. The number of carbonyl (C=O) groups is 1. The molecule has 0 atom stereocenters. The van der Waals surface area contributed by atoms with Gasteiger partial charge in [-0.1, -0.05) is 37.0 Å². The maximum Gasteiger partial charge on any atom is 0.279 e. The summed E-state index contributed by atoms with van der Waals surface area (Å²) >= 11 is 0. The number of anilines is 1. The van der Waals surface area contributed by atoms with E-state index in [-0.39, 0.29) is 5.91 Å². The molecule has 0 saturated heterocycles. The molecular weight excluding hydrogens is 248 g/mol. The summed E-state index contributed by atoms with van der Waals surface area (Å²) in [7, 11) is 0. The third kappa shape index (κ3) is 5.33. The molecule has 3 N–H and O–H groups in total. The molecule has 1 aliphatic carbocycles. The summed E-state index contributed by atoms with van der Waals surface area (Å²) in [5, 5.41) is 5.20. The van der Waals surface area contributed by atoms with E-state index in [1.807, 2.05) is 31.2 Å². The Morgan fingerprint density at radius 3 is 2.35 bits per heavy atom. The fourth-order valence-electron chi connectivity index (χ4n) is 2.85. The molecule has 0 heterocycles. The number of benzene rings is 1. The molecule has 0 unspecified atom stereocenters. The molecule has 110 valence electrons. The Morgan fingerprint density at radius 1 is 1.10 bits per heavy atom. The Kier molecular flexibility index (Phi) is 6.06. The summed E-state index contributed by atoms with van der Waals surface area (Å²) in [6, 6.07) is 8.60. The summed E-state index contributed by atoms with van der Waals surface area (Å²) in [5.74, 6) is 0.107. The van der Waals surface area contributed by atoms with Crippen LogP contribution in [0.2, 0.25) is 0 Å². The van der Waals surface area contributed by atoms with Crippen molar-refractivity contribution in [3.05, 3.63) is 29.8 Å². The van der Waals surface area contributed by atoms with Crippen LogP contribution in [-0.4, -0.2) is 18.5 Å². The van der Waals surface area contributed by atoms with Gasteiger partial charge in [-0.3, -0.25) is 4.79 Å². The van der Waals surface area contributed by atoms with Crippen LogP contribution in [0.25, 0.3) is 0 Å². The third-order valence-electron chi connectivity index (χ3n) is 4.12. The Morgan fingerprint density at radius 2 is 1.70 bits per heavy atom. The number of hydrogen-bond acceptors (Lipinski definition) is 1. The molecule has 1 aromatic carbocycles. The molecule has 1 aromatic rings. The minimum Gasteiger partial charge on any atom is -0.336 e. The number of aryl methyl sites for hydroxylation is 1. The molecule has 1 saturated carbocycles. The van der Waals surface area contributed by atoms with Crippen molar-refractivity contribution in [1.82, 2.24) is 0 Å². The van der Waals surface area contributed by atoms with E-state index in [0.717, 1.165) is 5.69 Å². The quantitative estimate of drug-likeness (QED) is 0.871. The maximum absolute atomic E-state index is 12.0. The molecule has 0 radical (unpaired) electrons. The van der Waals surface area contributed by atoms with E-state index < -0.39 is 0 Å². The van der Waals surface area contributed by atoms with Gasteiger partial charge in [0.1, 0.15) is 0 Å². The van der Waals surface area contributed by atoms with E-state index in [4.69, 9.17) is 0 Å². The first-order valence-corrected chi connectivity index (χ1v) is 7.94. The van der Waals surface area contributed by atoms with Crippen molar-refractivity contribution in [2.24, 2.45) is 0 Å². The zero-order valence-electron chi connectivity index (χ0n) is 12.5. The highest BCUT2D eigenvalue weighted by Crippen LogP contribution is 2.15. The fourth-order valence-corrected chi connectivity index (χ4v) is 2.85. The number of amides is 1. The van der Waals surface area contributed by atoms with Crippen LogP contribution in [0.15, 0.2) is 24.3 Å². The van der Waals surface area contributed by atoms with Crippen LogP contribution in [0.3, 0.4) is 0 Å². The van der Waals surface area contributed by atoms with Gasteiger partial charge in [0.15, 0.2) is 6.54 Å². The van der Waals surface area contributed by atoms with Crippen LogP contribution in [-0.2, 0) is 4.79 Å². The Balaban J connectivity index is 1.72. The number of hydrogen-bond donors (Lipinski definition) is 2. The van der Waals surface area contributed by atoms with Crippen LogP contribution in [0.5, 0.6) is 0 Å². The van der Waals surface area contributed by atoms with E-state index in [9.17, 15) is 4.79 Å². The highest BCUT2D eigenvalue weighted by molar-refractivity contribution is 5.91. The van der Waals surface area contributed by atoms with Crippen molar-refractivity contribution >= 4 is 11.6 Å². The van der Waals surface area contributed by atoms with Crippen molar-refractivity contribution < 1.29 is 10.1 Å². The molecule has 0 spiro atoms. The van der Waals surface area contributed by atoms with Crippen LogP contribution >= 0.6 is 0 Å². The Hall–Kier alpha value is -1.35. The first-order chi connectivity index (χ1) is 9.74. The molecule has 3 nitrogen and oxygen atoms in total. The Bertz CT molecular complexity index is 406. The van der Waals surface area contributed by atoms with Crippen LogP contribution in [0, 0.1) is 6.92 Å². The second-order valence-electron chi connectivity index (χ2n) is 5.96. The average Bonchev–Trinajstić information content (AvgIpc) is 2.40. The number of nitrogens with two attached hydrogens (primary N) is 1. The lowest BCUT2D eigenvalue weighted by atomic mass is 9.97. The van der Waals surface area contributed by atoms with Gasteiger partial charge >= 0.3 is 0 Å². The molecule has 1 fully saturated rings. The predicted octanol–water partition coefficient (Wildman–Crippen LogP) is 2.61. The molecule has 1 amide bonds. The number of rotatable bonds is 4. The Labute approximate surface area is 122 Å². The molecule has 3 heteroatoms. The monoisotopic (exact) mass is 275 g/mol. The van der Waals surface area contributed by atoms with Crippen LogP contribution in [0.1, 0.15) is 50.5 Å². The van der Waals surface area contributed by atoms with E-state index in [0.29, 0.717) is 12.6 Å². The highest BCUT2D eigenvalue weighted by Gasteiger charge is 2.15. The van der Waals surface area contributed by atoms with Gasteiger partial charge in [-0.15, -0.1) is 0 Å². The van der Waals surface area contributed by atoms with E-state index >= 15 is 0 Å². The highest BCUT2D eigenvalue weighted by atomic mass is 16.1. The predicted molar refractivity (Wildman–Crippen MR) is 82.7 cm³/mol. The average molecular weight is 275 g/mol. The number of carbonyl (C=O) groups excluding carboxylic acids is 1. The zero-order chi connectivity index (χ0) is 14.2. The lowest BCUT2D eigenvalue weighted by Gasteiger charge is -2.18. The third-order valence-corrected chi connectivity index (χ3v) is 4.12. The fraction of sp³-hybridized carbons (Fsp3) is 0.588. The largest absolute Gasteiger partial charge is 0.336 e. The molecule has 0 aromatic heterocycles. The first-order valence-electron chi connectivity index (χ1n) is 7.94. The van der Waals surface area contributed by atoms with Gasteiger partial charge in [0, 0.05) is 5.69 Å². The molecule has 0 aliphatic heterocycles. The summed E-state index contributed by atoms with van der Waals surface area (Å²) in [6.45, 7) is 2.59. The molecular formula is C17H27N2O+. The van der Waals surface area contributed by atoms with Crippen molar-refractivity contribution in [3.63, 3.8) is 0 Å². The molecule has 20 heavy (non-hydrogen) atoms. The molecule has 0 bridgehead atoms. The topological polar surface area (TPSA) is 45.7 Å². The van der Waals surface area contributed by atoms with Gasteiger partial charge in [-0.25, -0.2) is 0 Å². The zero-order valence-corrected chi connectivity index (χ0v) is 12.5. The second-order valence-corrected chi connectivity index (χ2v) is 5.96. The van der Waals surface area contributed by atoms with E-state index in [2.05, 4.69) is 10.6 Å². The summed E-state index contributed by atoms with van der Waals surface area (Å²) in [5.41, 5.74) is 2.11. The smallest absolute Gasteiger partial charge is 0.279 e. The SMILES string of the molecule is Cc1ccc(NC(=O)C[NH2+]C2CCCCCCC2)cc1. The lowest BCUT2D eigenvalue weighted by molar-refractivity contribution is -0.680. The summed E-state index contributed by atoms with van der Waals surface area (Å²) in [4.78, 5) is 12.0. The van der Waals surface area contributed by atoms with Gasteiger partial charge < -0.3 is 10.6 Å². The molecule has 1 aliphatic rings. The second kappa shape index (κ2) is 8.05. The van der Waals surface area contributed by atoms with Crippen molar-refractivity contribution in [1.29, 1.82) is 0 Å². The minimum atomic E-state index is 0.107. The van der Waals surface area contributed by atoms with E-state index in [1.54, 1.807) is 0 Å². The summed E-state index contributed by atoms with van der Waals surface area (Å²) in [6.07, 6.45) is 9.28. The van der Waals surface area contributed by atoms with Gasteiger partial charge in [-0.2, -0.15) is 0 Å². The van der Waals surface area contributed by atoms with Gasteiger partial charge in [0.05, 0.1) is 6.04 Å². The van der Waals surface area contributed by atoms with Crippen molar-refractivity contribution in [3.8, 4) is 0 Å². The number of quaternary nitrogens is 1. The maximum atomic E-state index is 12.0. The van der Waals surface area contributed by atoms with Crippen LogP contribution < -0.4 is 10.6 Å². The van der Waals surface area contributed by atoms with Crippen molar-refractivity contribution in [2.75, 3.05) is 11.9 Å². The first kappa shape index (κ1) is 15.0. The van der Waals surface area contributed by atoms with Gasteiger partial charge in [0.25, 0.3) is 5.91 Å². The van der Waals surface area contributed by atoms with E-state index in [1.165, 1.54) is 50.5 Å². The normalized spacial score (nSPS) is 17.2. The minimum absolute atomic E-state index is 0.107.